The van der Waals surface area contributed by atoms with Gasteiger partial charge in [-0.05, 0) is 12.1 Å². The van der Waals surface area contributed by atoms with Crippen molar-refractivity contribution in [3.8, 4) is 0 Å². The summed E-state index contributed by atoms with van der Waals surface area (Å²) in [7, 11) is 3.41. The number of aromatic nitrogens is 1. The van der Waals surface area contributed by atoms with Gasteiger partial charge in [-0.2, -0.15) is 0 Å². The van der Waals surface area contributed by atoms with Gasteiger partial charge in [-0.25, -0.2) is 4.98 Å². The molecule has 0 unspecified atom stereocenters. The Bertz CT molecular complexity index is 605. The maximum atomic E-state index is 6.17. The Hall–Kier alpha value is -1.49. The summed E-state index contributed by atoms with van der Waals surface area (Å²) in [5.41, 5.74) is 1.92. The largest absolute Gasteiger partial charge is 0.380 e. The van der Waals surface area contributed by atoms with Gasteiger partial charge in [-0.3, -0.25) is 0 Å². The summed E-state index contributed by atoms with van der Waals surface area (Å²) in [4.78, 5) is 4.36. The molecule has 0 saturated carbocycles. The summed E-state index contributed by atoms with van der Waals surface area (Å²) in [5.74, 6) is 1.12. The summed E-state index contributed by atoms with van der Waals surface area (Å²) in [6, 6.07) is 9.47. The van der Waals surface area contributed by atoms with Crippen LogP contribution in [0.1, 0.15) is 5.56 Å². The van der Waals surface area contributed by atoms with Crippen LogP contribution < -0.4 is 10.6 Å². The van der Waals surface area contributed by atoms with E-state index in [-0.39, 0.29) is 0 Å². The third-order valence-corrected chi connectivity index (χ3v) is 3.31. The molecule has 0 radical (unpaired) electrons. The fourth-order valence-corrected chi connectivity index (χ4v) is 2.28. The molecule has 1 aromatic heterocycles. The van der Waals surface area contributed by atoms with Gasteiger partial charge < -0.3 is 15.4 Å². The zero-order chi connectivity index (χ0) is 14.5. The van der Waals surface area contributed by atoms with Crippen molar-refractivity contribution in [2.45, 2.75) is 6.61 Å². The molecule has 2 rings (SSSR count). The molecule has 4 nitrogen and oxygen atoms in total. The number of benzene rings is 1. The number of nitrogens with one attached hydrogen (secondary N) is 2. The predicted molar refractivity (Wildman–Crippen MR) is 84.2 cm³/mol. The Labute approximate surface area is 128 Å². The molecule has 6 heteroatoms. The molecule has 0 amide bonds. The number of para-hydroxylation sites is 1. The van der Waals surface area contributed by atoms with Gasteiger partial charge in [0.1, 0.15) is 5.82 Å². The second-order valence-electron chi connectivity index (χ2n) is 4.11. The van der Waals surface area contributed by atoms with Crippen LogP contribution in [0.3, 0.4) is 0 Å². The number of pyridine rings is 1. The van der Waals surface area contributed by atoms with Crippen molar-refractivity contribution in [1.29, 1.82) is 0 Å². The molecule has 2 aromatic rings. The van der Waals surface area contributed by atoms with Crippen LogP contribution in [0.4, 0.5) is 17.3 Å². The van der Waals surface area contributed by atoms with Crippen molar-refractivity contribution >= 4 is 40.5 Å². The number of methoxy groups -OCH3 is 1. The van der Waals surface area contributed by atoms with E-state index in [9.17, 15) is 0 Å². The third kappa shape index (κ3) is 3.33. The zero-order valence-electron chi connectivity index (χ0n) is 11.2. The van der Waals surface area contributed by atoms with Crippen LogP contribution in [0.15, 0.2) is 30.3 Å². The van der Waals surface area contributed by atoms with E-state index in [1.807, 2.05) is 24.3 Å². The topological polar surface area (TPSA) is 46.2 Å². The van der Waals surface area contributed by atoms with Crippen LogP contribution in [0.5, 0.6) is 0 Å². The van der Waals surface area contributed by atoms with Crippen molar-refractivity contribution in [3.05, 3.63) is 45.9 Å². The maximum Gasteiger partial charge on any atom is 0.151 e. The van der Waals surface area contributed by atoms with E-state index in [1.165, 1.54) is 0 Å². The molecule has 0 atom stereocenters. The van der Waals surface area contributed by atoms with Crippen LogP contribution in [0, 0.1) is 0 Å². The Balaban J connectivity index is 2.35. The summed E-state index contributed by atoms with van der Waals surface area (Å²) in [6.45, 7) is 0.507. The molecule has 0 fully saturated rings. The van der Waals surface area contributed by atoms with Crippen molar-refractivity contribution in [3.63, 3.8) is 0 Å². The van der Waals surface area contributed by atoms with Gasteiger partial charge in [0.05, 0.1) is 16.7 Å². The van der Waals surface area contributed by atoms with Crippen LogP contribution in [0.2, 0.25) is 10.0 Å². The number of ether oxygens (including phenoxy) is 1. The van der Waals surface area contributed by atoms with Crippen molar-refractivity contribution in [2.75, 3.05) is 24.8 Å². The summed E-state index contributed by atoms with van der Waals surface area (Å²) in [6.07, 6.45) is 0. The fraction of sp³-hybridized carbons (Fsp3) is 0.214. The van der Waals surface area contributed by atoms with Gasteiger partial charge in [0.2, 0.25) is 0 Å². The predicted octanol–water partition coefficient (Wildman–Crippen LogP) is 4.32. The van der Waals surface area contributed by atoms with E-state index >= 15 is 0 Å². The molecule has 1 heterocycles. The molecule has 0 aliphatic carbocycles. The highest BCUT2D eigenvalue weighted by molar-refractivity contribution is 6.37. The zero-order valence-corrected chi connectivity index (χ0v) is 12.7. The van der Waals surface area contributed by atoms with Gasteiger partial charge in [0.25, 0.3) is 0 Å². The Kier molecular flexibility index (Phi) is 5.06. The maximum absolute atomic E-state index is 6.17. The van der Waals surface area contributed by atoms with E-state index in [2.05, 4.69) is 15.6 Å². The number of rotatable bonds is 5. The van der Waals surface area contributed by atoms with Gasteiger partial charge in [0.15, 0.2) is 5.82 Å². The molecular weight excluding hydrogens is 297 g/mol. The van der Waals surface area contributed by atoms with Crippen molar-refractivity contribution in [2.24, 2.45) is 0 Å². The molecule has 0 saturated heterocycles. The SMILES string of the molecule is CNc1nc(Nc2ccccc2COC)c(Cl)cc1Cl. The van der Waals surface area contributed by atoms with Gasteiger partial charge in [-0.15, -0.1) is 0 Å². The first-order valence-corrected chi connectivity index (χ1v) is 6.79. The number of hydrogen-bond donors (Lipinski definition) is 2. The van der Waals surface area contributed by atoms with E-state index in [4.69, 9.17) is 27.9 Å². The second-order valence-corrected chi connectivity index (χ2v) is 4.93. The highest BCUT2D eigenvalue weighted by Crippen LogP contribution is 2.31. The van der Waals surface area contributed by atoms with E-state index in [0.717, 1.165) is 11.3 Å². The molecule has 20 heavy (non-hydrogen) atoms. The molecule has 106 valence electrons. The lowest BCUT2D eigenvalue weighted by atomic mass is 10.2. The summed E-state index contributed by atoms with van der Waals surface area (Å²) < 4.78 is 5.17. The first kappa shape index (κ1) is 14.9. The second kappa shape index (κ2) is 6.79. The Morgan fingerprint density at radius 2 is 1.85 bits per heavy atom. The minimum atomic E-state index is 0.459. The number of halogens is 2. The van der Waals surface area contributed by atoms with Gasteiger partial charge in [-0.1, -0.05) is 41.4 Å². The van der Waals surface area contributed by atoms with Gasteiger partial charge >= 0.3 is 0 Å². The standard InChI is InChI=1S/C14H15Cl2N3O/c1-17-13-10(15)7-11(16)14(19-13)18-12-6-4-3-5-9(12)8-20-2/h3-7H,8H2,1-2H3,(H2,17,18,19). The fourth-order valence-electron chi connectivity index (χ4n) is 1.78. The quantitative estimate of drug-likeness (QED) is 0.863. The third-order valence-electron chi connectivity index (χ3n) is 2.74. The average Bonchev–Trinajstić information content (AvgIpc) is 2.44. The molecule has 0 aliphatic rings. The normalized spacial score (nSPS) is 10.4. The van der Waals surface area contributed by atoms with Gasteiger partial charge in [0, 0.05) is 25.4 Å². The number of anilines is 3. The molecule has 0 spiro atoms. The van der Waals surface area contributed by atoms with Crippen LogP contribution >= 0.6 is 23.2 Å². The van der Waals surface area contributed by atoms with Crippen LogP contribution in [0.25, 0.3) is 0 Å². The smallest absolute Gasteiger partial charge is 0.151 e. The lowest BCUT2D eigenvalue weighted by Gasteiger charge is -2.13. The lowest BCUT2D eigenvalue weighted by molar-refractivity contribution is 0.185. The summed E-state index contributed by atoms with van der Waals surface area (Å²) in [5, 5.41) is 7.07. The molecule has 1 aromatic carbocycles. The van der Waals surface area contributed by atoms with Crippen LogP contribution in [-0.4, -0.2) is 19.1 Å². The van der Waals surface area contributed by atoms with Crippen molar-refractivity contribution in [1.82, 2.24) is 4.98 Å². The highest BCUT2D eigenvalue weighted by Gasteiger charge is 2.10. The number of hydrogen-bond acceptors (Lipinski definition) is 4. The minimum absolute atomic E-state index is 0.459. The first-order valence-electron chi connectivity index (χ1n) is 6.03. The number of nitrogens with zero attached hydrogens (tertiary/aromatic N) is 1. The lowest BCUT2D eigenvalue weighted by Crippen LogP contribution is -2.02. The Morgan fingerprint density at radius 3 is 2.55 bits per heavy atom. The van der Waals surface area contributed by atoms with E-state index in [0.29, 0.717) is 28.3 Å². The minimum Gasteiger partial charge on any atom is -0.380 e. The van der Waals surface area contributed by atoms with E-state index in [1.54, 1.807) is 20.2 Å². The van der Waals surface area contributed by atoms with Crippen LogP contribution in [-0.2, 0) is 11.3 Å². The highest BCUT2D eigenvalue weighted by atomic mass is 35.5. The molecule has 2 N–H and O–H groups in total. The van der Waals surface area contributed by atoms with Crippen molar-refractivity contribution < 1.29 is 4.74 Å². The molecule has 0 aliphatic heterocycles. The summed E-state index contributed by atoms with van der Waals surface area (Å²) >= 11 is 12.2. The first-order chi connectivity index (χ1) is 9.65. The monoisotopic (exact) mass is 311 g/mol. The van der Waals surface area contributed by atoms with E-state index < -0.39 is 0 Å². The molecular formula is C14H15Cl2N3O. The average molecular weight is 312 g/mol. The molecule has 0 bridgehead atoms. The Morgan fingerprint density at radius 1 is 1.15 bits per heavy atom.